The molecule has 8 rings (SSSR count). The van der Waals surface area contributed by atoms with Gasteiger partial charge in [-0.1, -0.05) is 104 Å². The van der Waals surface area contributed by atoms with E-state index in [0.717, 1.165) is 52.9 Å². The highest BCUT2D eigenvalue weighted by Crippen LogP contribution is 2.52. The molecule has 4 aliphatic rings. The van der Waals surface area contributed by atoms with E-state index in [9.17, 15) is 18.4 Å². The zero-order chi connectivity index (χ0) is 42.0. The number of cyclic esters (lactones) is 2. The quantitative estimate of drug-likeness (QED) is 0.176. The van der Waals surface area contributed by atoms with Gasteiger partial charge in [-0.3, -0.25) is 19.6 Å². The largest absolute Gasteiger partial charge is 0.462 e. The Hall–Kier alpha value is -5.02. The molecule has 4 aromatic rings. The summed E-state index contributed by atoms with van der Waals surface area (Å²) in [5, 5.41) is 0. The molecule has 61 heavy (non-hydrogen) atoms. The second-order valence-corrected chi connectivity index (χ2v) is 17.4. The van der Waals surface area contributed by atoms with Crippen molar-refractivity contribution in [2.24, 2.45) is 59.0 Å². The number of pyridine rings is 2. The van der Waals surface area contributed by atoms with Crippen molar-refractivity contribution in [1.29, 1.82) is 0 Å². The lowest BCUT2D eigenvalue weighted by atomic mass is 9.58. The third kappa shape index (κ3) is 9.72. The molecular formula is C52H65F2N3O4. The number of hydrogen-bond acceptors (Lipinski definition) is 7. The zero-order valence-corrected chi connectivity index (χ0v) is 34.9. The summed E-state index contributed by atoms with van der Waals surface area (Å²) in [6.45, 7) is 12.8. The maximum atomic E-state index is 13.5. The summed E-state index contributed by atoms with van der Waals surface area (Å²) in [5.41, 5.74) is 10.8. The van der Waals surface area contributed by atoms with Crippen LogP contribution in [-0.4, -0.2) is 39.7 Å². The van der Waals surface area contributed by atoms with E-state index in [2.05, 4.69) is 55.9 Å². The van der Waals surface area contributed by atoms with Gasteiger partial charge in [0.15, 0.2) is 0 Å². The number of carbonyl (C=O) groups excluding carboxylic acids is 2. The minimum atomic E-state index is -0.909. The maximum absolute atomic E-state index is 13.5. The van der Waals surface area contributed by atoms with Gasteiger partial charge in [0.05, 0.1) is 17.3 Å². The molecule has 9 heteroatoms. The van der Waals surface area contributed by atoms with Crippen molar-refractivity contribution in [1.82, 2.24) is 9.97 Å². The second kappa shape index (κ2) is 19.8. The molecule has 4 heterocycles. The van der Waals surface area contributed by atoms with Gasteiger partial charge in [-0.15, -0.1) is 0 Å². The van der Waals surface area contributed by atoms with Crippen molar-refractivity contribution in [3.63, 3.8) is 0 Å². The standard InChI is InChI=1S/C25H29FN2O2.C25H28FNO2.2CH4/c1-4-21-15(2)13-25(27)23(16(3)30-24(25)29)22(21)11-10-20-9-8-18(14-28-20)17-6-5-7-19(26)12-17;1-4-21-15(2)12-23-24(16(3)29-25(23)28)22(21)11-10-20-9-8-18(14-27-20)17-6-5-7-19(26)13-17;;/h5-12,14-16,21-23H,4,13,27H2,1-3H3;5-11,13-16,21-24H,4,12H2,1-3H3;2*1H4/b2*11-10+;;/t15-,16+,21+,22-,23-,25-;15-,16+,21+,22-,23+,24-;;/m00../s1. The van der Waals surface area contributed by atoms with E-state index in [0.29, 0.717) is 36.0 Å². The molecule has 2 N–H and O–H groups in total. The molecule has 2 aliphatic carbocycles. The third-order valence-corrected chi connectivity index (χ3v) is 13.8. The average molecular weight is 834 g/mol. The van der Waals surface area contributed by atoms with E-state index in [-0.39, 0.29) is 74.3 Å². The van der Waals surface area contributed by atoms with Gasteiger partial charge in [-0.05, 0) is 122 Å². The molecule has 0 amide bonds. The Morgan fingerprint density at radius 1 is 0.705 bits per heavy atom. The maximum Gasteiger partial charge on any atom is 0.326 e. The minimum absolute atomic E-state index is 0. The van der Waals surface area contributed by atoms with Crippen LogP contribution in [0.15, 0.2) is 97.3 Å². The Morgan fingerprint density at radius 3 is 1.72 bits per heavy atom. The highest BCUT2D eigenvalue weighted by atomic mass is 19.1. The van der Waals surface area contributed by atoms with Crippen LogP contribution in [0.25, 0.3) is 34.4 Å². The molecular weight excluding hydrogens is 769 g/mol. The third-order valence-electron chi connectivity index (χ3n) is 13.8. The van der Waals surface area contributed by atoms with Crippen molar-refractivity contribution in [3.05, 3.63) is 120 Å². The SMILES string of the molecule is C.C.CC[C@H]1[C@H](/C=C/c2ccc(-c3cccc(F)c3)cn2)[C@@H]2[C@@H](C)OC(=O)[C@@H]2C[C@@H]1C.CC[C@H]1[C@H](/C=C/c2ccc(-c3cccc(F)c3)cn2)[C@@H]2[C@@H](C)OC(=O)[C@]2(N)C[C@@H]1C. The lowest BCUT2D eigenvalue weighted by molar-refractivity contribution is -0.146. The van der Waals surface area contributed by atoms with Crippen LogP contribution in [0.4, 0.5) is 8.78 Å². The fourth-order valence-electron chi connectivity index (χ4n) is 11.0. The number of fused-ring (bicyclic) bond motifs is 2. The normalized spacial score (nSPS) is 31.5. The molecule has 12 atom stereocenters. The van der Waals surface area contributed by atoms with Gasteiger partial charge in [0.1, 0.15) is 29.4 Å². The first kappa shape index (κ1) is 47.0. The summed E-state index contributed by atoms with van der Waals surface area (Å²) in [6.07, 6.45) is 15.5. The number of allylic oxidation sites excluding steroid dienone is 2. The highest BCUT2D eigenvalue weighted by Gasteiger charge is 2.60. The number of nitrogens with two attached hydrogens (primary N) is 1. The molecule has 2 saturated heterocycles. The predicted molar refractivity (Wildman–Crippen MR) is 241 cm³/mol. The van der Waals surface area contributed by atoms with Gasteiger partial charge in [0, 0.05) is 35.4 Å². The molecule has 2 saturated carbocycles. The highest BCUT2D eigenvalue weighted by molar-refractivity contribution is 5.84. The van der Waals surface area contributed by atoms with Crippen LogP contribution in [0.1, 0.15) is 93.5 Å². The summed E-state index contributed by atoms with van der Waals surface area (Å²) in [5.74, 6) is 1.68. The Bertz CT molecular complexity index is 2170. The number of aromatic nitrogens is 2. The van der Waals surface area contributed by atoms with Crippen molar-refractivity contribution < 1.29 is 27.8 Å². The lowest BCUT2D eigenvalue weighted by Crippen LogP contribution is -2.59. The number of carbonyl (C=O) groups is 2. The van der Waals surface area contributed by atoms with Crippen LogP contribution >= 0.6 is 0 Å². The second-order valence-electron chi connectivity index (χ2n) is 17.4. The summed E-state index contributed by atoms with van der Waals surface area (Å²) >= 11 is 0. The first-order valence-corrected chi connectivity index (χ1v) is 21.3. The molecule has 7 nitrogen and oxygen atoms in total. The lowest BCUT2D eigenvalue weighted by Gasteiger charge is -2.46. The van der Waals surface area contributed by atoms with Gasteiger partial charge in [0.25, 0.3) is 0 Å². The summed E-state index contributed by atoms with van der Waals surface area (Å²) in [7, 11) is 0. The summed E-state index contributed by atoms with van der Waals surface area (Å²) in [6, 6.07) is 20.8. The minimum Gasteiger partial charge on any atom is -0.462 e. The average Bonchev–Trinajstić information content (AvgIpc) is 3.63. The Labute approximate surface area is 362 Å². The van der Waals surface area contributed by atoms with Crippen molar-refractivity contribution in [3.8, 4) is 22.3 Å². The molecule has 2 aliphatic heterocycles. The molecule has 2 aromatic heterocycles. The smallest absolute Gasteiger partial charge is 0.326 e. The molecule has 0 spiro atoms. The van der Waals surface area contributed by atoms with E-state index in [1.165, 1.54) is 24.3 Å². The molecule has 326 valence electrons. The van der Waals surface area contributed by atoms with Crippen LogP contribution in [0, 0.1) is 64.9 Å². The number of ether oxygens (including phenoxy) is 2. The van der Waals surface area contributed by atoms with Crippen molar-refractivity contribution in [2.45, 2.75) is 99.8 Å². The number of rotatable bonds is 8. The number of benzene rings is 2. The number of esters is 2. The van der Waals surface area contributed by atoms with Gasteiger partial charge in [-0.25, -0.2) is 8.78 Å². The van der Waals surface area contributed by atoms with Gasteiger partial charge >= 0.3 is 11.9 Å². The first-order chi connectivity index (χ1) is 28.3. The molecule has 4 fully saturated rings. The van der Waals surface area contributed by atoms with Gasteiger partial charge in [0.2, 0.25) is 0 Å². The van der Waals surface area contributed by atoms with E-state index >= 15 is 0 Å². The van der Waals surface area contributed by atoms with Gasteiger partial charge < -0.3 is 15.2 Å². The topological polar surface area (TPSA) is 104 Å². The van der Waals surface area contributed by atoms with Crippen LogP contribution in [-0.2, 0) is 19.1 Å². The molecule has 2 aromatic carbocycles. The first-order valence-electron chi connectivity index (χ1n) is 21.3. The summed E-state index contributed by atoms with van der Waals surface area (Å²) < 4.78 is 38.1. The summed E-state index contributed by atoms with van der Waals surface area (Å²) in [4.78, 5) is 33.9. The Kier molecular flexibility index (Phi) is 15.3. The van der Waals surface area contributed by atoms with Gasteiger partial charge in [-0.2, -0.15) is 0 Å². The predicted octanol–water partition coefficient (Wildman–Crippen LogP) is 11.9. The fourth-order valence-corrected chi connectivity index (χ4v) is 11.0. The van der Waals surface area contributed by atoms with Crippen LogP contribution < -0.4 is 5.73 Å². The fraction of sp³-hybridized carbons (Fsp3) is 0.462. The zero-order valence-electron chi connectivity index (χ0n) is 34.9. The van der Waals surface area contributed by atoms with E-state index in [4.69, 9.17) is 15.2 Å². The monoisotopic (exact) mass is 833 g/mol. The van der Waals surface area contributed by atoms with Crippen LogP contribution in [0.5, 0.6) is 0 Å². The van der Waals surface area contributed by atoms with Crippen molar-refractivity contribution in [2.75, 3.05) is 0 Å². The van der Waals surface area contributed by atoms with E-state index in [1.54, 1.807) is 24.5 Å². The Balaban J connectivity index is 0.000000224. The van der Waals surface area contributed by atoms with Crippen LogP contribution in [0.3, 0.4) is 0 Å². The van der Waals surface area contributed by atoms with E-state index in [1.807, 2.05) is 56.3 Å². The Morgan fingerprint density at radius 2 is 1.23 bits per heavy atom. The molecule has 0 unspecified atom stereocenters. The molecule has 0 radical (unpaired) electrons. The van der Waals surface area contributed by atoms with Crippen molar-refractivity contribution >= 4 is 24.1 Å². The number of hydrogen-bond donors (Lipinski definition) is 1. The van der Waals surface area contributed by atoms with Crippen LogP contribution in [0.2, 0.25) is 0 Å². The van der Waals surface area contributed by atoms with E-state index < -0.39 is 5.54 Å². The molecule has 0 bridgehead atoms. The number of nitrogens with zero attached hydrogens (tertiary/aromatic N) is 2. The number of halogens is 2.